The maximum atomic E-state index is 10.1. The van der Waals surface area contributed by atoms with Gasteiger partial charge in [-0.15, -0.1) is 12.4 Å². The first-order valence-corrected chi connectivity index (χ1v) is 3.36. The third-order valence-corrected chi connectivity index (χ3v) is 1.33. The van der Waals surface area contributed by atoms with Crippen LogP contribution in [0.25, 0.3) is 0 Å². The molecule has 60 valence electrons. The lowest BCUT2D eigenvalue weighted by molar-refractivity contribution is -0.117. The van der Waals surface area contributed by atoms with Crippen LogP contribution in [0.4, 0.5) is 0 Å². The van der Waals surface area contributed by atoms with Crippen LogP contribution in [0.1, 0.15) is 6.42 Å². The first-order chi connectivity index (χ1) is 4.13. The second-order valence-corrected chi connectivity index (χ2v) is 2.57. The number of nitrogens with two attached hydrogens (primary N) is 2. The van der Waals surface area contributed by atoms with Crippen LogP contribution in [0.5, 0.6) is 0 Å². The Bertz CT molecular complexity index is 116. The molecular weight excluding hydrogens is 174 g/mol. The van der Waals surface area contributed by atoms with Gasteiger partial charge in [-0.3, -0.25) is 10.2 Å². The van der Waals surface area contributed by atoms with Gasteiger partial charge in [-0.1, -0.05) is 11.8 Å². The van der Waals surface area contributed by atoms with Crippen molar-refractivity contribution < 1.29 is 4.79 Å². The van der Waals surface area contributed by atoms with Crippen molar-refractivity contribution in [3.05, 3.63) is 0 Å². The molecule has 6 heteroatoms. The lowest BCUT2D eigenvalue weighted by atomic mass is 10.5. The number of nitrogens with one attached hydrogen (secondary N) is 1. The van der Waals surface area contributed by atoms with Gasteiger partial charge in [0.1, 0.15) is 0 Å². The highest BCUT2D eigenvalue weighted by atomic mass is 35.5. The Hall–Kier alpha value is -0.420. The quantitative estimate of drug-likeness (QED) is 0.422. The van der Waals surface area contributed by atoms with E-state index < -0.39 is 0 Å². The highest BCUT2D eigenvalue weighted by molar-refractivity contribution is 8.13. The molecule has 0 saturated carbocycles. The second-order valence-electron chi connectivity index (χ2n) is 1.43. The maximum absolute atomic E-state index is 10.1. The molecule has 5 N–H and O–H groups in total. The molecule has 10 heavy (non-hydrogen) atoms. The Balaban J connectivity index is 0. The fourth-order valence-corrected chi connectivity index (χ4v) is 0.785. The predicted molar refractivity (Wildman–Crippen MR) is 45.4 cm³/mol. The number of carbonyl (C=O) groups is 1. The zero-order valence-electron chi connectivity index (χ0n) is 5.29. The molecule has 0 aliphatic heterocycles. The summed E-state index contributed by atoms with van der Waals surface area (Å²) in [5, 5.41) is 6.75. The molecule has 4 nitrogen and oxygen atoms in total. The van der Waals surface area contributed by atoms with Gasteiger partial charge in [-0.05, 0) is 0 Å². The average molecular weight is 184 g/mol. The lowest BCUT2D eigenvalue weighted by Gasteiger charge is -1.93. The van der Waals surface area contributed by atoms with Crippen molar-refractivity contribution in [2.45, 2.75) is 6.42 Å². The van der Waals surface area contributed by atoms with Crippen molar-refractivity contribution in [2.24, 2.45) is 11.5 Å². The molecule has 0 aliphatic carbocycles. The van der Waals surface area contributed by atoms with E-state index in [4.69, 9.17) is 16.9 Å². The van der Waals surface area contributed by atoms with Gasteiger partial charge in [-0.2, -0.15) is 0 Å². The molecule has 0 radical (unpaired) electrons. The van der Waals surface area contributed by atoms with Gasteiger partial charge in [0.2, 0.25) is 5.91 Å². The summed E-state index contributed by atoms with van der Waals surface area (Å²) < 4.78 is 0. The van der Waals surface area contributed by atoms with Gasteiger partial charge < -0.3 is 11.5 Å². The number of rotatable bonds is 3. The van der Waals surface area contributed by atoms with Gasteiger partial charge in [0.25, 0.3) is 0 Å². The summed E-state index contributed by atoms with van der Waals surface area (Å²) >= 11 is 1.12. The molecule has 0 fully saturated rings. The Morgan fingerprint density at radius 3 is 2.30 bits per heavy atom. The molecule has 0 bridgehead atoms. The molecule has 0 spiro atoms. The number of hydrogen-bond acceptors (Lipinski definition) is 3. The SMILES string of the molecule is Cl.N=C(N)SCCC(N)=O. The van der Waals surface area contributed by atoms with Crippen molar-refractivity contribution in [1.82, 2.24) is 0 Å². The van der Waals surface area contributed by atoms with Gasteiger partial charge in [-0.25, -0.2) is 0 Å². The molecule has 0 atom stereocenters. The van der Waals surface area contributed by atoms with E-state index in [2.05, 4.69) is 0 Å². The standard InChI is InChI=1S/C4H9N3OS.ClH/c5-3(8)1-2-9-4(6)7;/h1-2H2,(H2,5,8)(H3,6,7);1H. The van der Waals surface area contributed by atoms with E-state index in [0.717, 1.165) is 11.8 Å². The van der Waals surface area contributed by atoms with Gasteiger partial charge >= 0.3 is 0 Å². The minimum atomic E-state index is -0.358. The number of amidine groups is 1. The van der Waals surface area contributed by atoms with Crippen LogP contribution in [0.3, 0.4) is 0 Å². The van der Waals surface area contributed by atoms with E-state index in [1.807, 2.05) is 0 Å². The number of carbonyl (C=O) groups excluding carboxylic acids is 1. The monoisotopic (exact) mass is 183 g/mol. The fraction of sp³-hybridized carbons (Fsp3) is 0.500. The van der Waals surface area contributed by atoms with Gasteiger partial charge in [0, 0.05) is 12.2 Å². The van der Waals surface area contributed by atoms with E-state index >= 15 is 0 Å². The Morgan fingerprint density at radius 2 is 2.00 bits per heavy atom. The predicted octanol–water partition coefficient (Wildman–Crippen LogP) is -0.0897. The smallest absolute Gasteiger partial charge is 0.218 e. The van der Waals surface area contributed by atoms with Crippen molar-refractivity contribution in [3.63, 3.8) is 0 Å². The summed E-state index contributed by atoms with van der Waals surface area (Å²) in [5.74, 6) is 0.147. The van der Waals surface area contributed by atoms with Crippen LogP contribution >= 0.6 is 24.2 Å². The lowest BCUT2D eigenvalue weighted by Crippen LogP contribution is -2.13. The van der Waals surface area contributed by atoms with Crippen LogP contribution in [0, 0.1) is 5.41 Å². The van der Waals surface area contributed by atoms with Crippen molar-refractivity contribution >= 4 is 35.2 Å². The van der Waals surface area contributed by atoms with E-state index in [1.165, 1.54) is 0 Å². The summed E-state index contributed by atoms with van der Waals surface area (Å²) in [7, 11) is 0. The van der Waals surface area contributed by atoms with Crippen LogP contribution in [0.15, 0.2) is 0 Å². The number of halogens is 1. The molecule has 0 aromatic heterocycles. The largest absolute Gasteiger partial charge is 0.379 e. The van der Waals surface area contributed by atoms with Crippen LogP contribution in [-0.2, 0) is 4.79 Å². The Labute approximate surface area is 69.6 Å². The summed E-state index contributed by atoms with van der Waals surface area (Å²) in [5.41, 5.74) is 9.79. The number of thioether (sulfide) groups is 1. The van der Waals surface area contributed by atoms with Crippen LogP contribution in [-0.4, -0.2) is 16.8 Å². The fourth-order valence-electron chi connectivity index (χ4n) is 0.262. The summed E-state index contributed by atoms with van der Waals surface area (Å²) in [6.45, 7) is 0. The number of primary amides is 1. The molecule has 1 amide bonds. The topological polar surface area (TPSA) is 93.0 Å². The highest BCUT2D eigenvalue weighted by Crippen LogP contribution is 1.98. The zero-order chi connectivity index (χ0) is 7.28. The molecule has 0 saturated heterocycles. The zero-order valence-corrected chi connectivity index (χ0v) is 6.93. The second kappa shape index (κ2) is 6.70. The van der Waals surface area contributed by atoms with Gasteiger partial charge in [0.05, 0.1) is 0 Å². The van der Waals surface area contributed by atoms with Crippen LogP contribution in [0.2, 0.25) is 0 Å². The maximum Gasteiger partial charge on any atom is 0.218 e. The molecule has 0 aliphatic rings. The molecule has 0 aromatic rings. The number of amides is 1. The number of hydrogen-bond donors (Lipinski definition) is 3. The molecule has 0 unspecified atom stereocenters. The third kappa shape index (κ3) is 10.5. The van der Waals surface area contributed by atoms with Crippen molar-refractivity contribution in [2.75, 3.05) is 5.75 Å². The first kappa shape index (κ1) is 12.3. The molecule has 0 aromatic carbocycles. The Kier molecular flexibility index (Phi) is 8.22. The van der Waals surface area contributed by atoms with Crippen LogP contribution < -0.4 is 11.5 Å². The highest BCUT2D eigenvalue weighted by Gasteiger charge is 1.94. The normalized spacial score (nSPS) is 8.00. The van der Waals surface area contributed by atoms with E-state index in [9.17, 15) is 4.79 Å². The van der Waals surface area contributed by atoms with E-state index in [-0.39, 0.29) is 29.9 Å². The summed E-state index contributed by atoms with van der Waals surface area (Å²) in [6, 6.07) is 0. The van der Waals surface area contributed by atoms with Crippen molar-refractivity contribution in [1.29, 1.82) is 5.41 Å². The first-order valence-electron chi connectivity index (χ1n) is 2.38. The Morgan fingerprint density at radius 1 is 1.50 bits per heavy atom. The van der Waals surface area contributed by atoms with E-state index in [1.54, 1.807) is 0 Å². The molecule has 0 heterocycles. The average Bonchev–Trinajstić information content (AvgIpc) is 1.63. The molecular formula is C4H10ClN3OS. The summed E-state index contributed by atoms with van der Waals surface area (Å²) in [4.78, 5) is 10.1. The summed E-state index contributed by atoms with van der Waals surface area (Å²) in [6.07, 6.45) is 0.282. The van der Waals surface area contributed by atoms with Gasteiger partial charge in [0.15, 0.2) is 5.17 Å². The molecule has 0 rings (SSSR count). The minimum Gasteiger partial charge on any atom is -0.379 e. The van der Waals surface area contributed by atoms with Crippen molar-refractivity contribution in [3.8, 4) is 0 Å². The van der Waals surface area contributed by atoms with E-state index in [0.29, 0.717) is 5.75 Å². The minimum absolute atomic E-state index is 0. The third-order valence-electron chi connectivity index (χ3n) is 0.606.